The minimum absolute atomic E-state index is 0. The molecule has 1 aliphatic carbocycles. The highest BCUT2D eigenvalue weighted by Crippen LogP contribution is 2.47. The highest BCUT2D eigenvalue weighted by molar-refractivity contribution is 14.0. The van der Waals surface area contributed by atoms with Gasteiger partial charge in [-0.25, -0.2) is 0 Å². The van der Waals surface area contributed by atoms with Crippen LogP contribution in [0.2, 0.25) is 0 Å². The standard InChI is InChI=1S/C23H32N4O.HI/c1-24-22(26-17-23(14-15-23)19-8-6-5-7-9-19)25-16-21(27(2)3)18-10-12-20(28-4)13-11-18;/h5-13,21H,14-17H2,1-4H3,(H2,24,25,26);1H. The van der Waals surface area contributed by atoms with E-state index < -0.39 is 0 Å². The first kappa shape index (κ1) is 23.5. The van der Waals surface area contributed by atoms with Gasteiger partial charge in [0.15, 0.2) is 5.96 Å². The van der Waals surface area contributed by atoms with Crippen LogP contribution in [0, 0.1) is 0 Å². The molecule has 158 valence electrons. The second-order valence-electron chi connectivity index (χ2n) is 7.71. The van der Waals surface area contributed by atoms with E-state index in [0.29, 0.717) is 0 Å². The summed E-state index contributed by atoms with van der Waals surface area (Å²) >= 11 is 0. The van der Waals surface area contributed by atoms with Gasteiger partial charge in [0.2, 0.25) is 0 Å². The molecule has 6 heteroatoms. The predicted molar refractivity (Wildman–Crippen MR) is 132 cm³/mol. The summed E-state index contributed by atoms with van der Waals surface area (Å²) in [6, 6.07) is 19.3. The van der Waals surface area contributed by atoms with Crippen LogP contribution in [0.4, 0.5) is 0 Å². The summed E-state index contributed by atoms with van der Waals surface area (Å²) in [7, 11) is 7.72. The smallest absolute Gasteiger partial charge is 0.191 e. The highest BCUT2D eigenvalue weighted by atomic mass is 127. The average molecular weight is 508 g/mol. The number of likely N-dealkylation sites (N-methyl/N-ethyl adjacent to an activating group) is 1. The van der Waals surface area contributed by atoms with Crippen molar-refractivity contribution in [2.75, 3.05) is 41.3 Å². The first-order valence-corrected chi connectivity index (χ1v) is 9.88. The Balaban J connectivity index is 0.00000300. The van der Waals surface area contributed by atoms with Crippen LogP contribution in [-0.2, 0) is 5.41 Å². The van der Waals surface area contributed by atoms with Crippen LogP contribution in [0.3, 0.4) is 0 Å². The molecule has 2 N–H and O–H groups in total. The number of hydrogen-bond acceptors (Lipinski definition) is 3. The molecule has 1 unspecified atom stereocenters. The molecule has 0 aliphatic heterocycles. The van der Waals surface area contributed by atoms with Gasteiger partial charge in [-0.1, -0.05) is 42.5 Å². The van der Waals surface area contributed by atoms with Crippen molar-refractivity contribution in [1.29, 1.82) is 0 Å². The van der Waals surface area contributed by atoms with Crippen LogP contribution in [0.25, 0.3) is 0 Å². The molecule has 2 aromatic carbocycles. The second kappa shape index (κ2) is 10.8. The number of halogens is 1. The van der Waals surface area contributed by atoms with Gasteiger partial charge < -0.3 is 20.3 Å². The molecular formula is C23H33IN4O. The maximum atomic E-state index is 5.27. The summed E-state index contributed by atoms with van der Waals surface area (Å²) in [4.78, 5) is 6.64. The minimum Gasteiger partial charge on any atom is -0.497 e. The van der Waals surface area contributed by atoms with Crippen molar-refractivity contribution in [2.24, 2.45) is 4.99 Å². The van der Waals surface area contributed by atoms with E-state index in [-0.39, 0.29) is 35.4 Å². The van der Waals surface area contributed by atoms with E-state index >= 15 is 0 Å². The van der Waals surface area contributed by atoms with Crippen LogP contribution in [-0.4, -0.2) is 52.2 Å². The van der Waals surface area contributed by atoms with Gasteiger partial charge in [0.25, 0.3) is 0 Å². The molecule has 1 saturated carbocycles. The largest absolute Gasteiger partial charge is 0.497 e. The third-order valence-electron chi connectivity index (χ3n) is 5.64. The summed E-state index contributed by atoms with van der Waals surface area (Å²) in [6.45, 7) is 1.68. The fourth-order valence-corrected chi connectivity index (χ4v) is 3.60. The number of nitrogens with one attached hydrogen (secondary N) is 2. The van der Waals surface area contributed by atoms with Gasteiger partial charge in [-0.15, -0.1) is 24.0 Å². The van der Waals surface area contributed by atoms with Crippen LogP contribution >= 0.6 is 24.0 Å². The monoisotopic (exact) mass is 508 g/mol. The Kier molecular flexibility index (Phi) is 8.77. The Morgan fingerprint density at radius 1 is 1.07 bits per heavy atom. The molecule has 5 nitrogen and oxygen atoms in total. The van der Waals surface area contributed by atoms with E-state index in [2.05, 4.69) is 77.1 Å². The number of rotatable bonds is 8. The molecule has 3 rings (SSSR count). The van der Waals surface area contributed by atoms with Crippen molar-refractivity contribution in [3.8, 4) is 5.75 Å². The van der Waals surface area contributed by atoms with Gasteiger partial charge in [0, 0.05) is 25.6 Å². The van der Waals surface area contributed by atoms with Crippen molar-refractivity contribution in [1.82, 2.24) is 15.5 Å². The van der Waals surface area contributed by atoms with Crippen LogP contribution < -0.4 is 15.4 Å². The zero-order valence-electron chi connectivity index (χ0n) is 17.8. The van der Waals surface area contributed by atoms with Crippen LogP contribution in [0.5, 0.6) is 5.75 Å². The molecular weight excluding hydrogens is 475 g/mol. The van der Waals surface area contributed by atoms with E-state index in [1.807, 2.05) is 19.2 Å². The average Bonchev–Trinajstić information content (AvgIpc) is 3.52. The first-order valence-electron chi connectivity index (χ1n) is 9.88. The predicted octanol–water partition coefficient (Wildman–Crippen LogP) is 3.81. The number of nitrogens with zero attached hydrogens (tertiary/aromatic N) is 2. The molecule has 0 heterocycles. The Labute approximate surface area is 192 Å². The van der Waals surface area contributed by atoms with Gasteiger partial charge in [0.1, 0.15) is 5.75 Å². The zero-order valence-corrected chi connectivity index (χ0v) is 20.1. The molecule has 29 heavy (non-hydrogen) atoms. The maximum Gasteiger partial charge on any atom is 0.191 e. The number of hydrogen-bond donors (Lipinski definition) is 2. The van der Waals surface area contributed by atoms with Gasteiger partial charge >= 0.3 is 0 Å². The van der Waals surface area contributed by atoms with E-state index in [0.717, 1.165) is 24.8 Å². The second-order valence-corrected chi connectivity index (χ2v) is 7.71. The summed E-state index contributed by atoms with van der Waals surface area (Å²) in [5, 5.41) is 7.03. The molecule has 1 atom stereocenters. The molecule has 1 aliphatic rings. The molecule has 0 bridgehead atoms. The topological polar surface area (TPSA) is 48.9 Å². The minimum atomic E-state index is 0. The fraction of sp³-hybridized carbons (Fsp3) is 0.435. The molecule has 2 aromatic rings. The third kappa shape index (κ3) is 6.09. The van der Waals surface area contributed by atoms with Gasteiger partial charge in [-0.05, 0) is 50.2 Å². The summed E-state index contributed by atoms with van der Waals surface area (Å²) in [5.74, 6) is 1.73. The van der Waals surface area contributed by atoms with Gasteiger partial charge in [-0.2, -0.15) is 0 Å². The number of aliphatic imine (C=N–C) groups is 1. The Morgan fingerprint density at radius 3 is 2.24 bits per heavy atom. The lowest BCUT2D eigenvalue weighted by Gasteiger charge is -2.26. The summed E-state index contributed by atoms with van der Waals surface area (Å²) in [6.07, 6.45) is 2.46. The van der Waals surface area contributed by atoms with Crippen molar-refractivity contribution >= 4 is 29.9 Å². The van der Waals surface area contributed by atoms with Crippen LogP contribution in [0.1, 0.15) is 30.0 Å². The zero-order chi connectivity index (χ0) is 20.0. The SMILES string of the molecule is CN=C(NCC(c1ccc(OC)cc1)N(C)C)NCC1(c2ccccc2)CC1.I. The van der Waals surface area contributed by atoms with Crippen molar-refractivity contribution in [3.63, 3.8) is 0 Å². The lowest BCUT2D eigenvalue weighted by molar-refractivity contribution is 0.298. The fourth-order valence-electron chi connectivity index (χ4n) is 3.60. The van der Waals surface area contributed by atoms with Gasteiger partial charge in [-0.3, -0.25) is 4.99 Å². The van der Waals surface area contributed by atoms with E-state index in [4.69, 9.17) is 4.74 Å². The molecule has 1 fully saturated rings. The lowest BCUT2D eigenvalue weighted by atomic mass is 9.96. The first-order chi connectivity index (χ1) is 13.6. The molecule has 0 amide bonds. The Hall–Kier alpha value is -1.80. The number of benzene rings is 2. The van der Waals surface area contributed by atoms with E-state index in [9.17, 15) is 0 Å². The molecule has 0 spiro atoms. The van der Waals surface area contributed by atoms with Crippen molar-refractivity contribution < 1.29 is 4.74 Å². The normalized spacial score (nSPS) is 16.0. The van der Waals surface area contributed by atoms with Crippen molar-refractivity contribution in [3.05, 3.63) is 65.7 Å². The Morgan fingerprint density at radius 2 is 1.72 bits per heavy atom. The van der Waals surface area contributed by atoms with E-state index in [1.165, 1.54) is 24.0 Å². The quantitative estimate of drug-likeness (QED) is 0.324. The van der Waals surface area contributed by atoms with Crippen molar-refractivity contribution in [2.45, 2.75) is 24.3 Å². The third-order valence-corrected chi connectivity index (χ3v) is 5.64. The summed E-state index contributed by atoms with van der Waals surface area (Å²) in [5.41, 5.74) is 2.93. The van der Waals surface area contributed by atoms with E-state index in [1.54, 1.807) is 7.11 Å². The highest BCUT2D eigenvalue weighted by Gasteiger charge is 2.44. The Bertz CT molecular complexity index is 773. The lowest BCUT2D eigenvalue weighted by Crippen LogP contribution is -2.44. The molecule has 0 radical (unpaired) electrons. The molecule has 0 aromatic heterocycles. The summed E-state index contributed by atoms with van der Waals surface area (Å²) < 4.78 is 5.27. The number of guanidine groups is 1. The number of ether oxygens (including phenoxy) is 1. The maximum absolute atomic E-state index is 5.27. The van der Waals surface area contributed by atoms with Crippen LogP contribution in [0.15, 0.2) is 59.6 Å². The van der Waals surface area contributed by atoms with Gasteiger partial charge in [0.05, 0.1) is 13.2 Å². The number of methoxy groups -OCH3 is 1. The molecule has 0 saturated heterocycles.